The van der Waals surface area contributed by atoms with E-state index in [1.165, 1.54) is 6.08 Å². The van der Waals surface area contributed by atoms with Crippen LogP contribution >= 0.6 is 23.8 Å². The van der Waals surface area contributed by atoms with Crippen molar-refractivity contribution in [1.82, 2.24) is 5.32 Å². The molecular formula is C20H21ClN2O2S. The lowest BCUT2D eigenvalue weighted by atomic mass is 10.2. The Morgan fingerprint density at radius 3 is 2.62 bits per heavy atom. The standard InChI is InChI=1S/C20H21ClN2O2S/c1-2-3-14-25-17-11-9-16(10-12-17)22-20(26)23-19(24)13-8-15-6-4-5-7-18(15)21/h4-13H,2-3,14H2,1H3,(H2,22,23,24,26)/b13-8+. The fourth-order valence-corrected chi connectivity index (χ4v) is 2.48. The van der Waals surface area contributed by atoms with Gasteiger partial charge in [-0.2, -0.15) is 0 Å². The first-order valence-corrected chi connectivity index (χ1v) is 9.14. The molecule has 0 aromatic heterocycles. The third-order valence-corrected chi connectivity index (χ3v) is 3.98. The van der Waals surface area contributed by atoms with E-state index >= 15 is 0 Å². The van der Waals surface area contributed by atoms with Gasteiger partial charge in [0.25, 0.3) is 0 Å². The Balaban J connectivity index is 1.82. The molecule has 0 bridgehead atoms. The highest BCUT2D eigenvalue weighted by molar-refractivity contribution is 7.80. The molecule has 4 nitrogen and oxygen atoms in total. The average Bonchev–Trinajstić information content (AvgIpc) is 2.62. The maximum absolute atomic E-state index is 11.9. The molecule has 0 saturated heterocycles. The number of nitrogens with one attached hydrogen (secondary N) is 2. The Bertz CT molecular complexity index is 776. The van der Waals surface area contributed by atoms with Crippen LogP contribution in [0.2, 0.25) is 5.02 Å². The Morgan fingerprint density at radius 2 is 1.92 bits per heavy atom. The van der Waals surface area contributed by atoms with Gasteiger partial charge in [-0.1, -0.05) is 43.1 Å². The summed E-state index contributed by atoms with van der Waals surface area (Å²) in [5.41, 5.74) is 1.54. The van der Waals surface area contributed by atoms with Crippen molar-refractivity contribution in [2.45, 2.75) is 19.8 Å². The fraction of sp³-hybridized carbons (Fsp3) is 0.200. The Labute approximate surface area is 164 Å². The molecule has 1 amide bonds. The zero-order chi connectivity index (χ0) is 18.8. The Hall–Kier alpha value is -2.37. The molecule has 2 aromatic rings. The van der Waals surface area contributed by atoms with Crippen LogP contribution in [0.25, 0.3) is 6.08 Å². The van der Waals surface area contributed by atoms with E-state index in [9.17, 15) is 4.79 Å². The lowest BCUT2D eigenvalue weighted by Crippen LogP contribution is -2.32. The molecule has 136 valence electrons. The maximum Gasteiger partial charge on any atom is 0.250 e. The van der Waals surface area contributed by atoms with Gasteiger partial charge in [-0.05, 0) is 60.6 Å². The van der Waals surface area contributed by atoms with E-state index in [0.717, 1.165) is 29.8 Å². The van der Waals surface area contributed by atoms with E-state index in [4.69, 9.17) is 28.6 Å². The van der Waals surface area contributed by atoms with Gasteiger partial charge in [0.15, 0.2) is 5.11 Å². The van der Waals surface area contributed by atoms with Crippen molar-refractivity contribution in [3.63, 3.8) is 0 Å². The summed E-state index contributed by atoms with van der Waals surface area (Å²) in [6.45, 7) is 2.82. The van der Waals surface area contributed by atoms with Crippen LogP contribution in [-0.2, 0) is 4.79 Å². The Kier molecular flexibility index (Phi) is 8.12. The summed E-state index contributed by atoms with van der Waals surface area (Å²) in [6, 6.07) is 14.7. The number of halogens is 1. The number of carbonyl (C=O) groups excluding carboxylic acids is 1. The predicted molar refractivity (Wildman–Crippen MR) is 112 cm³/mol. The topological polar surface area (TPSA) is 50.4 Å². The number of hydrogen-bond acceptors (Lipinski definition) is 3. The van der Waals surface area contributed by atoms with Gasteiger partial charge in [0.1, 0.15) is 5.75 Å². The highest BCUT2D eigenvalue weighted by Crippen LogP contribution is 2.17. The quantitative estimate of drug-likeness (QED) is 0.396. The summed E-state index contributed by atoms with van der Waals surface area (Å²) in [5, 5.41) is 6.36. The smallest absolute Gasteiger partial charge is 0.250 e. The second-order valence-corrected chi connectivity index (χ2v) is 6.34. The van der Waals surface area contributed by atoms with Gasteiger partial charge in [0.2, 0.25) is 5.91 Å². The first kappa shape index (κ1) is 19.9. The summed E-state index contributed by atoms with van der Waals surface area (Å²) in [6.07, 6.45) is 5.15. The van der Waals surface area contributed by atoms with Crippen molar-refractivity contribution in [3.8, 4) is 5.75 Å². The molecule has 26 heavy (non-hydrogen) atoms. The van der Waals surface area contributed by atoms with Crippen LogP contribution in [0.4, 0.5) is 5.69 Å². The molecule has 0 aliphatic heterocycles. The number of amides is 1. The van der Waals surface area contributed by atoms with Crippen LogP contribution in [0.3, 0.4) is 0 Å². The molecular weight excluding hydrogens is 368 g/mol. The monoisotopic (exact) mass is 388 g/mol. The highest BCUT2D eigenvalue weighted by Gasteiger charge is 2.03. The SMILES string of the molecule is CCCCOc1ccc(NC(=S)NC(=O)/C=C/c2ccccc2Cl)cc1. The largest absolute Gasteiger partial charge is 0.494 e. The molecule has 0 radical (unpaired) electrons. The van der Waals surface area contributed by atoms with E-state index in [-0.39, 0.29) is 11.0 Å². The summed E-state index contributed by atoms with van der Waals surface area (Å²) in [5.74, 6) is 0.476. The van der Waals surface area contributed by atoms with Gasteiger partial charge >= 0.3 is 0 Å². The van der Waals surface area contributed by atoms with Crippen molar-refractivity contribution in [3.05, 3.63) is 65.2 Å². The summed E-state index contributed by atoms with van der Waals surface area (Å²) in [4.78, 5) is 11.9. The number of rotatable bonds is 7. The molecule has 2 rings (SSSR count). The number of anilines is 1. The average molecular weight is 389 g/mol. The maximum atomic E-state index is 11.9. The van der Waals surface area contributed by atoms with Gasteiger partial charge in [0.05, 0.1) is 6.61 Å². The Morgan fingerprint density at radius 1 is 1.19 bits per heavy atom. The lowest BCUT2D eigenvalue weighted by Gasteiger charge is -2.10. The molecule has 0 unspecified atom stereocenters. The van der Waals surface area contributed by atoms with E-state index < -0.39 is 0 Å². The van der Waals surface area contributed by atoms with Crippen molar-refractivity contribution >= 4 is 46.6 Å². The molecule has 6 heteroatoms. The summed E-state index contributed by atoms with van der Waals surface area (Å²) >= 11 is 11.2. The highest BCUT2D eigenvalue weighted by atomic mass is 35.5. The van der Waals surface area contributed by atoms with Crippen LogP contribution < -0.4 is 15.4 Å². The molecule has 0 heterocycles. The van der Waals surface area contributed by atoms with Crippen LogP contribution in [0.5, 0.6) is 5.75 Å². The molecule has 2 N–H and O–H groups in total. The van der Waals surface area contributed by atoms with Gasteiger partial charge in [-0.15, -0.1) is 0 Å². The minimum Gasteiger partial charge on any atom is -0.494 e. The van der Waals surface area contributed by atoms with E-state index in [0.29, 0.717) is 11.6 Å². The van der Waals surface area contributed by atoms with Crippen molar-refractivity contribution in [1.29, 1.82) is 0 Å². The zero-order valence-corrected chi connectivity index (χ0v) is 16.1. The van der Waals surface area contributed by atoms with Crippen LogP contribution in [-0.4, -0.2) is 17.6 Å². The van der Waals surface area contributed by atoms with Crippen LogP contribution in [0, 0.1) is 0 Å². The lowest BCUT2D eigenvalue weighted by molar-refractivity contribution is -0.115. The molecule has 0 aliphatic rings. The molecule has 0 saturated carbocycles. The molecule has 0 aliphatic carbocycles. The van der Waals surface area contributed by atoms with Crippen molar-refractivity contribution in [2.24, 2.45) is 0 Å². The summed E-state index contributed by atoms with van der Waals surface area (Å²) in [7, 11) is 0. The normalized spacial score (nSPS) is 10.5. The van der Waals surface area contributed by atoms with Crippen molar-refractivity contribution < 1.29 is 9.53 Å². The third kappa shape index (κ3) is 6.86. The first-order chi connectivity index (χ1) is 12.6. The molecule has 0 fully saturated rings. The van der Waals surface area contributed by atoms with Gasteiger partial charge in [-0.25, -0.2) is 0 Å². The minimum atomic E-state index is -0.332. The zero-order valence-electron chi connectivity index (χ0n) is 14.5. The number of benzene rings is 2. The molecule has 0 atom stereocenters. The number of carbonyl (C=O) groups is 1. The second kappa shape index (κ2) is 10.6. The number of ether oxygens (including phenoxy) is 1. The van der Waals surface area contributed by atoms with E-state index in [2.05, 4.69) is 17.6 Å². The van der Waals surface area contributed by atoms with Crippen LogP contribution in [0.1, 0.15) is 25.3 Å². The minimum absolute atomic E-state index is 0.221. The predicted octanol–water partition coefficient (Wildman–Crippen LogP) is 5.05. The van der Waals surface area contributed by atoms with Gasteiger partial charge in [0, 0.05) is 16.8 Å². The molecule has 0 spiro atoms. The van der Waals surface area contributed by atoms with Gasteiger partial charge in [-0.3, -0.25) is 10.1 Å². The van der Waals surface area contributed by atoms with Crippen LogP contribution in [0.15, 0.2) is 54.6 Å². The fourth-order valence-electron chi connectivity index (χ4n) is 2.06. The number of unbranched alkanes of at least 4 members (excludes halogenated alkanes) is 1. The van der Waals surface area contributed by atoms with Crippen molar-refractivity contribution in [2.75, 3.05) is 11.9 Å². The number of hydrogen-bond donors (Lipinski definition) is 2. The molecule has 2 aromatic carbocycles. The van der Waals surface area contributed by atoms with E-state index in [1.54, 1.807) is 12.1 Å². The summed E-state index contributed by atoms with van der Waals surface area (Å²) < 4.78 is 5.60. The number of thiocarbonyl (C=S) groups is 1. The van der Waals surface area contributed by atoms with E-state index in [1.807, 2.05) is 42.5 Å². The first-order valence-electron chi connectivity index (χ1n) is 8.36. The third-order valence-electron chi connectivity index (χ3n) is 3.44. The second-order valence-electron chi connectivity index (χ2n) is 5.52. The van der Waals surface area contributed by atoms with Gasteiger partial charge < -0.3 is 10.1 Å².